The first kappa shape index (κ1) is 9.96. The molecule has 12 heavy (non-hydrogen) atoms. The molecule has 3 nitrogen and oxygen atoms in total. The average Bonchev–Trinajstić information content (AvgIpc) is 2.06. The Bertz CT molecular complexity index is 132. The molecule has 1 fully saturated rings. The van der Waals surface area contributed by atoms with E-state index in [-0.39, 0.29) is 11.6 Å². The minimum absolute atomic E-state index is 0.00259. The predicted octanol–water partition coefficient (Wildman–Crippen LogP) is 0.919. The third kappa shape index (κ3) is 2.19. The highest BCUT2D eigenvalue weighted by atomic mass is 16.5. The molecule has 1 aliphatic rings. The van der Waals surface area contributed by atoms with Crippen LogP contribution in [0.1, 0.15) is 26.2 Å². The van der Waals surface area contributed by atoms with Gasteiger partial charge in [-0.25, -0.2) is 0 Å². The van der Waals surface area contributed by atoms with Crippen LogP contribution in [0.4, 0.5) is 0 Å². The highest BCUT2D eigenvalue weighted by Crippen LogP contribution is 2.26. The number of rotatable bonds is 3. The second-order valence-electron chi connectivity index (χ2n) is 3.68. The number of hydrogen-bond donors (Lipinski definition) is 1. The van der Waals surface area contributed by atoms with Gasteiger partial charge in [-0.3, -0.25) is 0 Å². The highest BCUT2D eigenvalue weighted by Gasteiger charge is 2.34. The molecule has 0 aromatic heterocycles. The van der Waals surface area contributed by atoms with Crippen molar-refractivity contribution in [3.8, 4) is 0 Å². The molecule has 1 heterocycles. The van der Waals surface area contributed by atoms with Gasteiger partial charge in [0.25, 0.3) is 0 Å². The fourth-order valence-corrected chi connectivity index (χ4v) is 1.60. The van der Waals surface area contributed by atoms with Crippen LogP contribution < -0.4 is 5.73 Å². The summed E-state index contributed by atoms with van der Waals surface area (Å²) in [5.74, 6) is 0. The Kier molecular flexibility index (Phi) is 3.50. The molecule has 0 saturated carbocycles. The standard InChI is InChI=1S/C9H19NO2/c1-9(8(10)7-11-2)5-3-4-6-12-9/h8H,3-7,10H2,1-2H3. The zero-order valence-corrected chi connectivity index (χ0v) is 8.01. The van der Waals surface area contributed by atoms with Gasteiger partial charge in [0.2, 0.25) is 0 Å². The lowest BCUT2D eigenvalue weighted by Gasteiger charge is -2.38. The summed E-state index contributed by atoms with van der Waals surface area (Å²) in [4.78, 5) is 0. The van der Waals surface area contributed by atoms with Gasteiger partial charge in [-0.15, -0.1) is 0 Å². The SMILES string of the molecule is COCC(N)C1(C)CCCCO1. The summed E-state index contributed by atoms with van der Waals surface area (Å²) in [6.45, 7) is 3.50. The van der Waals surface area contributed by atoms with Crippen molar-refractivity contribution in [3.63, 3.8) is 0 Å². The van der Waals surface area contributed by atoms with Crippen molar-refractivity contribution in [2.75, 3.05) is 20.3 Å². The fraction of sp³-hybridized carbons (Fsp3) is 1.00. The molecule has 1 rings (SSSR count). The first-order chi connectivity index (χ1) is 5.69. The largest absolute Gasteiger partial charge is 0.383 e. The quantitative estimate of drug-likeness (QED) is 0.690. The third-order valence-electron chi connectivity index (χ3n) is 2.63. The van der Waals surface area contributed by atoms with Gasteiger partial charge in [0, 0.05) is 13.7 Å². The van der Waals surface area contributed by atoms with E-state index >= 15 is 0 Å². The normalized spacial score (nSPS) is 33.2. The van der Waals surface area contributed by atoms with Gasteiger partial charge in [0.05, 0.1) is 18.2 Å². The molecule has 0 bridgehead atoms. The van der Waals surface area contributed by atoms with Crippen LogP contribution in [-0.4, -0.2) is 32.0 Å². The Hall–Kier alpha value is -0.120. The number of methoxy groups -OCH3 is 1. The van der Waals surface area contributed by atoms with Gasteiger partial charge in [-0.05, 0) is 26.2 Å². The number of ether oxygens (including phenoxy) is 2. The second-order valence-corrected chi connectivity index (χ2v) is 3.68. The fourth-order valence-electron chi connectivity index (χ4n) is 1.60. The molecule has 1 saturated heterocycles. The summed E-state index contributed by atoms with van der Waals surface area (Å²) >= 11 is 0. The van der Waals surface area contributed by atoms with Crippen molar-refractivity contribution in [1.82, 2.24) is 0 Å². The van der Waals surface area contributed by atoms with Crippen LogP contribution >= 0.6 is 0 Å². The maximum Gasteiger partial charge on any atom is 0.0827 e. The lowest BCUT2D eigenvalue weighted by molar-refractivity contribution is -0.0920. The molecule has 0 aromatic carbocycles. The topological polar surface area (TPSA) is 44.5 Å². The lowest BCUT2D eigenvalue weighted by atomic mass is 9.89. The molecule has 72 valence electrons. The monoisotopic (exact) mass is 173 g/mol. The molecule has 2 N–H and O–H groups in total. The first-order valence-electron chi connectivity index (χ1n) is 4.57. The van der Waals surface area contributed by atoms with Gasteiger partial charge in [-0.2, -0.15) is 0 Å². The Morgan fingerprint density at radius 2 is 2.33 bits per heavy atom. The maximum absolute atomic E-state index is 5.94. The van der Waals surface area contributed by atoms with Crippen LogP contribution in [0.5, 0.6) is 0 Å². The molecule has 0 amide bonds. The number of nitrogens with two attached hydrogens (primary N) is 1. The van der Waals surface area contributed by atoms with E-state index in [1.165, 1.54) is 6.42 Å². The average molecular weight is 173 g/mol. The molecule has 2 unspecified atom stereocenters. The molecule has 0 aliphatic carbocycles. The van der Waals surface area contributed by atoms with Crippen LogP contribution in [0.15, 0.2) is 0 Å². The van der Waals surface area contributed by atoms with Gasteiger partial charge < -0.3 is 15.2 Å². The smallest absolute Gasteiger partial charge is 0.0827 e. The summed E-state index contributed by atoms with van der Waals surface area (Å²) in [6, 6.07) is 0.00259. The summed E-state index contributed by atoms with van der Waals surface area (Å²) < 4.78 is 10.7. The number of hydrogen-bond acceptors (Lipinski definition) is 3. The van der Waals surface area contributed by atoms with Crippen LogP contribution in [0.25, 0.3) is 0 Å². The molecular weight excluding hydrogens is 154 g/mol. The van der Waals surface area contributed by atoms with Crippen molar-refractivity contribution < 1.29 is 9.47 Å². The van der Waals surface area contributed by atoms with E-state index in [2.05, 4.69) is 6.92 Å². The molecule has 0 radical (unpaired) electrons. The van der Waals surface area contributed by atoms with Gasteiger partial charge >= 0.3 is 0 Å². The minimum atomic E-state index is -0.158. The molecule has 3 heteroatoms. The van der Waals surface area contributed by atoms with E-state index in [4.69, 9.17) is 15.2 Å². The van der Waals surface area contributed by atoms with E-state index in [1.54, 1.807) is 7.11 Å². The van der Waals surface area contributed by atoms with Crippen molar-refractivity contribution in [1.29, 1.82) is 0 Å². The van der Waals surface area contributed by atoms with Crippen molar-refractivity contribution in [2.45, 2.75) is 37.8 Å². The van der Waals surface area contributed by atoms with Gasteiger partial charge in [-0.1, -0.05) is 0 Å². The van der Waals surface area contributed by atoms with E-state index < -0.39 is 0 Å². The van der Waals surface area contributed by atoms with Crippen LogP contribution in [-0.2, 0) is 9.47 Å². The summed E-state index contributed by atoms with van der Waals surface area (Å²) in [5.41, 5.74) is 5.78. The third-order valence-corrected chi connectivity index (χ3v) is 2.63. The van der Waals surface area contributed by atoms with E-state index in [0.717, 1.165) is 19.4 Å². The van der Waals surface area contributed by atoms with Crippen molar-refractivity contribution in [3.05, 3.63) is 0 Å². The zero-order valence-electron chi connectivity index (χ0n) is 8.01. The predicted molar refractivity (Wildman–Crippen MR) is 48.1 cm³/mol. The van der Waals surface area contributed by atoms with Crippen LogP contribution in [0, 0.1) is 0 Å². The first-order valence-corrected chi connectivity index (χ1v) is 4.57. The summed E-state index contributed by atoms with van der Waals surface area (Å²) in [6.07, 6.45) is 3.43. The molecule has 0 spiro atoms. The summed E-state index contributed by atoms with van der Waals surface area (Å²) in [5, 5.41) is 0. The van der Waals surface area contributed by atoms with E-state index in [0.29, 0.717) is 6.61 Å². The van der Waals surface area contributed by atoms with Crippen LogP contribution in [0.3, 0.4) is 0 Å². The van der Waals surface area contributed by atoms with E-state index in [1.807, 2.05) is 0 Å². The lowest BCUT2D eigenvalue weighted by Crippen LogP contribution is -2.51. The Morgan fingerprint density at radius 3 is 2.83 bits per heavy atom. The van der Waals surface area contributed by atoms with Crippen LogP contribution in [0.2, 0.25) is 0 Å². The van der Waals surface area contributed by atoms with E-state index in [9.17, 15) is 0 Å². The Morgan fingerprint density at radius 1 is 1.58 bits per heavy atom. The summed E-state index contributed by atoms with van der Waals surface area (Å²) in [7, 11) is 1.67. The second kappa shape index (κ2) is 4.21. The molecule has 2 atom stereocenters. The van der Waals surface area contributed by atoms with Crippen molar-refractivity contribution in [2.24, 2.45) is 5.73 Å². The highest BCUT2D eigenvalue weighted by molar-refractivity contribution is 4.89. The minimum Gasteiger partial charge on any atom is -0.383 e. The Labute approximate surface area is 74.2 Å². The van der Waals surface area contributed by atoms with Gasteiger partial charge in [0.15, 0.2) is 0 Å². The molecule has 0 aromatic rings. The van der Waals surface area contributed by atoms with Crippen molar-refractivity contribution >= 4 is 0 Å². The van der Waals surface area contributed by atoms with Gasteiger partial charge in [0.1, 0.15) is 0 Å². The maximum atomic E-state index is 5.94. The molecule has 1 aliphatic heterocycles. The molecular formula is C9H19NO2. The Balaban J connectivity index is 2.44. The zero-order chi connectivity index (χ0) is 9.03.